The molecule has 3 heterocycles. The zero-order valence-electron chi connectivity index (χ0n) is 23.2. The number of carbonyl (C=O) groups excluding carboxylic acids is 1. The molecule has 0 saturated carbocycles. The molecular formula is C25H35N6O7PS. The molecule has 1 aliphatic heterocycles. The summed E-state index contributed by atoms with van der Waals surface area (Å²) in [5, 5.41) is 14.3. The van der Waals surface area contributed by atoms with Gasteiger partial charge in [-0.25, -0.2) is 10.1 Å². The van der Waals surface area contributed by atoms with E-state index in [1.54, 1.807) is 49.6 Å². The first kappa shape index (κ1) is 30.1. The van der Waals surface area contributed by atoms with Gasteiger partial charge in [0.2, 0.25) is 11.8 Å². The number of nitrogens with zero attached hydrogens (tertiary/aromatic N) is 4. The van der Waals surface area contributed by atoms with Crippen LogP contribution in [0.1, 0.15) is 40.8 Å². The van der Waals surface area contributed by atoms with Crippen LogP contribution < -0.4 is 20.1 Å². The minimum Gasteiger partial charge on any atom is -0.479 e. The van der Waals surface area contributed by atoms with Crippen LogP contribution in [0.4, 0.5) is 5.95 Å². The molecule has 218 valence electrons. The van der Waals surface area contributed by atoms with E-state index in [0.717, 1.165) is 0 Å². The Morgan fingerprint density at radius 1 is 1.27 bits per heavy atom. The second kappa shape index (κ2) is 11.9. The molecule has 3 aromatic rings. The van der Waals surface area contributed by atoms with Crippen molar-refractivity contribution in [2.75, 3.05) is 19.5 Å². The van der Waals surface area contributed by atoms with E-state index >= 15 is 0 Å². The molecule has 13 nitrogen and oxygen atoms in total. The van der Waals surface area contributed by atoms with E-state index < -0.39 is 42.5 Å². The average Bonchev–Trinajstić information content (AvgIpc) is 3.40. The lowest BCUT2D eigenvalue weighted by Gasteiger charge is -2.29. The third kappa shape index (κ3) is 6.37. The lowest BCUT2D eigenvalue weighted by atomic mass is 9.84. The molecule has 0 aliphatic carbocycles. The zero-order chi connectivity index (χ0) is 29.2. The smallest absolute Gasteiger partial charge is 0.323 e. The predicted molar refractivity (Wildman–Crippen MR) is 151 cm³/mol. The van der Waals surface area contributed by atoms with E-state index in [0.29, 0.717) is 16.9 Å². The van der Waals surface area contributed by atoms with Crippen molar-refractivity contribution >= 4 is 41.5 Å². The Hall–Kier alpha value is -2.87. The molecule has 0 amide bonds. The number of ether oxygens (including phenoxy) is 3. The molecule has 4 rings (SSSR count). The van der Waals surface area contributed by atoms with Crippen LogP contribution in [-0.2, 0) is 30.6 Å². The molecule has 2 unspecified atom stereocenters. The number of carbonyl (C=O) groups is 1. The highest BCUT2D eigenvalue weighted by molar-refractivity contribution is 8.09. The second-order valence-electron chi connectivity index (χ2n) is 10.2. The Kier molecular flexibility index (Phi) is 8.98. The molecular weight excluding hydrogens is 559 g/mol. The molecule has 4 N–H and O–H groups in total. The Balaban J connectivity index is 1.56. The van der Waals surface area contributed by atoms with E-state index in [9.17, 15) is 9.90 Å². The number of hydrogen-bond donors (Lipinski definition) is 3. The van der Waals surface area contributed by atoms with Crippen molar-refractivity contribution in [3.05, 3.63) is 36.7 Å². The Morgan fingerprint density at radius 2 is 1.98 bits per heavy atom. The maximum atomic E-state index is 12.5. The van der Waals surface area contributed by atoms with Gasteiger partial charge in [0.05, 0.1) is 32.3 Å². The number of methoxy groups -OCH3 is 1. The van der Waals surface area contributed by atoms with Crippen molar-refractivity contribution in [2.45, 2.75) is 65.2 Å². The fourth-order valence-electron chi connectivity index (χ4n) is 4.32. The standard InChI is InChI=1S/C25H35N6O7PS/c1-14(2)36-22(33)15(3)30-39(40,38-16-10-8-7-9-11-16)35-12-17-19(32)25(4,5)23(37-17)31-13-27-18-20(31)28-24(26)29-21(18)34-6/h7-11,13-15,17,19,23,32H,12H2,1-6H3,(H,30,40)(H2,26,28,29)/t15?,17-,19-,23-,39?/m1/s1. The van der Waals surface area contributed by atoms with Gasteiger partial charge in [0.15, 0.2) is 11.2 Å². The van der Waals surface area contributed by atoms with E-state index in [1.807, 2.05) is 19.9 Å². The van der Waals surface area contributed by atoms with E-state index in [2.05, 4.69) is 20.0 Å². The number of aliphatic hydroxyl groups excluding tert-OH is 1. The Labute approximate surface area is 237 Å². The first-order valence-electron chi connectivity index (χ1n) is 12.7. The molecule has 1 saturated heterocycles. The molecule has 5 atom stereocenters. The topological polar surface area (TPSA) is 165 Å². The number of nitrogens with one attached hydrogen (secondary N) is 1. The molecule has 0 bridgehead atoms. The number of rotatable bonds is 11. The molecule has 15 heteroatoms. The van der Waals surface area contributed by atoms with Crippen LogP contribution in [0.5, 0.6) is 11.6 Å². The SMILES string of the molecule is COc1nc(N)nc2c1ncn2[C@@H]1O[C@H](COP(=S)(NC(C)C(=O)OC(C)C)Oc2ccccc2)[C@@H](O)C1(C)C. The van der Waals surface area contributed by atoms with Gasteiger partial charge in [-0.15, -0.1) is 0 Å². The summed E-state index contributed by atoms with van der Waals surface area (Å²) in [6.07, 6.45) is -1.23. The third-order valence-corrected chi connectivity index (χ3v) is 8.84. The number of benzene rings is 1. The summed E-state index contributed by atoms with van der Waals surface area (Å²) in [4.78, 5) is 25.3. The van der Waals surface area contributed by atoms with Crippen LogP contribution in [0.2, 0.25) is 0 Å². The number of para-hydroxylation sites is 1. The largest absolute Gasteiger partial charge is 0.479 e. The summed E-state index contributed by atoms with van der Waals surface area (Å²) < 4.78 is 30.8. The maximum absolute atomic E-state index is 12.5. The molecule has 2 aromatic heterocycles. The van der Waals surface area contributed by atoms with E-state index in [-0.39, 0.29) is 24.5 Å². The van der Waals surface area contributed by atoms with Crippen LogP contribution in [-0.4, -0.2) is 68.7 Å². The molecule has 1 fully saturated rings. The highest BCUT2D eigenvalue weighted by Gasteiger charge is 2.52. The lowest BCUT2D eigenvalue weighted by molar-refractivity contribution is -0.149. The highest BCUT2D eigenvalue weighted by atomic mass is 32.5. The number of nitrogen functional groups attached to an aromatic ring is 1. The van der Waals surface area contributed by atoms with Crippen LogP contribution in [0.3, 0.4) is 0 Å². The Morgan fingerprint density at radius 3 is 2.62 bits per heavy atom. The molecule has 1 aliphatic rings. The van der Waals surface area contributed by atoms with E-state index in [1.165, 1.54) is 13.4 Å². The Bertz CT molecular complexity index is 1390. The summed E-state index contributed by atoms with van der Waals surface area (Å²) in [5.41, 5.74) is 5.88. The first-order chi connectivity index (χ1) is 18.8. The molecule has 0 radical (unpaired) electrons. The fourth-order valence-corrected chi connectivity index (χ4v) is 6.74. The number of nitrogens with two attached hydrogens (primary N) is 1. The third-order valence-electron chi connectivity index (χ3n) is 6.34. The van der Waals surface area contributed by atoms with Gasteiger partial charge >= 0.3 is 12.6 Å². The number of esters is 1. The number of fused-ring (bicyclic) bond motifs is 1. The van der Waals surface area contributed by atoms with Gasteiger partial charge in [0, 0.05) is 5.41 Å². The maximum Gasteiger partial charge on any atom is 0.323 e. The molecule has 1 aromatic carbocycles. The summed E-state index contributed by atoms with van der Waals surface area (Å²) in [5.74, 6) is 0.209. The normalized spacial score (nSPS) is 22.6. The monoisotopic (exact) mass is 594 g/mol. The summed E-state index contributed by atoms with van der Waals surface area (Å²) in [6, 6.07) is 8.08. The van der Waals surface area contributed by atoms with Crippen LogP contribution >= 0.6 is 6.64 Å². The average molecular weight is 595 g/mol. The fraction of sp³-hybridized carbons (Fsp3) is 0.520. The zero-order valence-corrected chi connectivity index (χ0v) is 24.9. The molecule has 0 spiro atoms. The van der Waals surface area contributed by atoms with Gasteiger partial charge in [0.1, 0.15) is 24.1 Å². The van der Waals surface area contributed by atoms with Gasteiger partial charge in [-0.05, 0) is 44.7 Å². The van der Waals surface area contributed by atoms with Gasteiger partial charge < -0.3 is 34.1 Å². The van der Waals surface area contributed by atoms with Crippen LogP contribution in [0.25, 0.3) is 11.2 Å². The lowest BCUT2D eigenvalue weighted by Crippen LogP contribution is -2.38. The summed E-state index contributed by atoms with van der Waals surface area (Å²) >= 11 is 5.79. The quantitative estimate of drug-likeness (QED) is 0.219. The number of aliphatic hydroxyl groups is 1. The summed E-state index contributed by atoms with van der Waals surface area (Å²) in [7, 11) is 1.46. The van der Waals surface area contributed by atoms with Gasteiger partial charge in [-0.1, -0.05) is 32.0 Å². The number of aromatic nitrogens is 4. The van der Waals surface area contributed by atoms with Crippen LogP contribution in [0.15, 0.2) is 36.7 Å². The molecule has 40 heavy (non-hydrogen) atoms. The number of imidazole rings is 1. The number of anilines is 1. The van der Waals surface area contributed by atoms with Gasteiger partial charge in [-0.3, -0.25) is 9.36 Å². The van der Waals surface area contributed by atoms with E-state index in [4.69, 9.17) is 40.8 Å². The van der Waals surface area contributed by atoms with Crippen molar-refractivity contribution < 1.29 is 33.2 Å². The van der Waals surface area contributed by atoms with Gasteiger partial charge in [-0.2, -0.15) is 9.97 Å². The summed E-state index contributed by atoms with van der Waals surface area (Å²) in [6.45, 7) is 5.39. The number of hydrogen-bond acceptors (Lipinski definition) is 12. The minimum absolute atomic E-state index is 0.0114. The predicted octanol–water partition coefficient (Wildman–Crippen LogP) is 2.95. The van der Waals surface area contributed by atoms with Crippen LogP contribution in [0, 0.1) is 5.41 Å². The van der Waals surface area contributed by atoms with Gasteiger partial charge in [0.25, 0.3) is 0 Å². The van der Waals surface area contributed by atoms with Crippen molar-refractivity contribution in [2.24, 2.45) is 5.41 Å². The van der Waals surface area contributed by atoms with Crippen molar-refractivity contribution in [1.29, 1.82) is 0 Å². The van der Waals surface area contributed by atoms with Crippen molar-refractivity contribution in [3.63, 3.8) is 0 Å². The van der Waals surface area contributed by atoms with Crippen molar-refractivity contribution in [3.8, 4) is 11.6 Å². The van der Waals surface area contributed by atoms with Crippen molar-refractivity contribution in [1.82, 2.24) is 24.6 Å². The first-order valence-corrected chi connectivity index (χ1v) is 15.3. The second-order valence-corrected chi connectivity index (χ2v) is 13.4. The highest BCUT2D eigenvalue weighted by Crippen LogP contribution is 2.49. The minimum atomic E-state index is -3.33.